The van der Waals surface area contributed by atoms with Crippen LogP contribution in [0.1, 0.15) is 0 Å². The van der Waals surface area contributed by atoms with Gasteiger partial charge >= 0.3 is 0 Å². The summed E-state index contributed by atoms with van der Waals surface area (Å²) in [6.45, 7) is 0. The van der Waals surface area contributed by atoms with E-state index in [1.165, 1.54) is 6.07 Å². The van der Waals surface area contributed by atoms with Crippen molar-refractivity contribution in [1.82, 2.24) is 0 Å². The third-order valence-corrected chi connectivity index (χ3v) is 1.27. The van der Waals surface area contributed by atoms with E-state index in [1.54, 1.807) is 0 Å². The van der Waals surface area contributed by atoms with Crippen LogP contribution in [0.4, 0.5) is 8.78 Å². The average Bonchev–Trinajstić information content (AvgIpc) is 1.80. The van der Waals surface area contributed by atoms with Crippen LogP contribution < -0.4 is 0 Å². The predicted octanol–water partition coefficient (Wildman–Crippen LogP) is 1.87. The van der Waals surface area contributed by atoms with Gasteiger partial charge < -0.3 is 0 Å². The van der Waals surface area contributed by atoms with Gasteiger partial charge in [-0.3, -0.25) is 0 Å². The van der Waals surface area contributed by atoms with Crippen LogP contribution >= 0.6 is 12.6 Å². The Kier molecular flexibility index (Phi) is 5.36. The number of benzene rings is 1. The molecule has 1 radical (unpaired) electrons. The Bertz CT molecular complexity index is 227. The van der Waals surface area contributed by atoms with E-state index in [2.05, 4.69) is 12.6 Å². The van der Waals surface area contributed by atoms with E-state index in [0.29, 0.717) is 0 Å². The second kappa shape index (κ2) is 4.85. The molecule has 49 valence electrons. The largest absolute Gasteiger partial charge is 0.207 e. The SMILES string of the molecule is Fc1ccc(S)c(F)c1.[K]. The van der Waals surface area contributed by atoms with E-state index in [4.69, 9.17) is 0 Å². The van der Waals surface area contributed by atoms with Gasteiger partial charge in [0.2, 0.25) is 0 Å². The molecule has 10 heavy (non-hydrogen) atoms. The van der Waals surface area contributed by atoms with Crippen molar-refractivity contribution in [3.63, 3.8) is 0 Å². The molecule has 0 fully saturated rings. The minimum atomic E-state index is -0.627. The Morgan fingerprint density at radius 2 is 1.80 bits per heavy atom. The van der Waals surface area contributed by atoms with Crippen molar-refractivity contribution in [1.29, 1.82) is 0 Å². The van der Waals surface area contributed by atoms with Crippen molar-refractivity contribution in [2.45, 2.75) is 4.90 Å². The molecular weight excluding hydrogens is 181 g/mol. The number of thiol groups is 1. The summed E-state index contributed by atoms with van der Waals surface area (Å²) in [6.07, 6.45) is 0. The molecule has 0 heterocycles. The molecule has 0 aliphatic carbocycles. The van der Waals surface area contributed by atoms with Crippen LogP contribution in [0.3, 0.4) is 0 Å². The van der Waals surface area contributed by atoms with Crippen molar-refractivity contribution in [2.75, 3.05) is 0 Å². The average molecular weight is 185 g/mol. The van der Waals surface area contributed by atoms with Crippen LogP contribution in [0.15, 0.2) is 23.1 Å². The molecule has 0 spiro atoms. The second-order valence-corrected chi connectivity index (χ2v) is 2.08. The van der Waals surface area contributed by atoms with Crippen LogP contribution in [0.2, 0.25) is 0 Å². The summed E-state index contributed by atoms with van der Waals surface area (Å²) < 4.78 is 24.3. The minimum Gasteiger partial charge on any atom is -0.207 e. The monoisotopic (exact) mass is 185 g/mol. The smallest absolute Gasteiger partial charge is 0.139 e. The van der Waals surface area contributed by atoms with Gasteiger partial charge in [-0.15, -0.1) is 12.6 Å². The molecule has 4 heteroatoms. The number of halogens is 2. The summed E-state index contributed by atoms with van der Waals surface area (Å²) in [4.78, 5) is 0.163. The van der Waals surface area contributed by atoms with Crippen LogP contribution in [0.25, 0.3) is 0 Å². The molecule has 0 bridgehead atoms. The number of hydrogen-bond acceptors (Lipinski definition) is 1. The predicted molar refractivity (Wildman–Crippen MR) is 39.4 cm³/mol. The fourth-order valence-corrected chi connectivity index (χ4v) is 0.620. The van der Waals surface area contributed by atoms with Crippen molar-refractivity contribution in [3.8, 4) is 0 Å². The Morgan fingerprint density at radius 1 is 1.20 bits per heavy atom. The molecule has 0 atom stereocenters. The van der Waals surface area contributed by atoms with E-state index in [-0.39, 0.29) is 56.3 Å². The summed E-state index contributed by atoms with van der Waals surface area (Å²) in [5.74, 6) is -1.20. The topological polar surface area (TPSA) is 0 Å². The maximum atomic E-state index is 12.3. The first kappa shape index (κ1) is 11.1. The first-order chi connectivity index (χ1) is 4.20. The van der Waals surface area contributed by atoms with Gasteiger partial charge in [0.05, 0.1) is 0 Å². The first-order valence-corrected chi connectivity index (χ1v) is 2.79. The zero-order valence-electron chi connectivity index (χ0n) is 5.44. The van der Waals surface area contributed by atoms with Gasteiger partial charge in [0.15, 0.2) is 0 Å². The molecule has 0 saturated heterocycles. The molecule has 1 rings (SSSR count). The summed E-state index contributed by atoms with van der Waals surface area (Å²) in [5, 5.41) is 0. The Labute approximate surface area is 106 Å². The van der Waals surface area contributed by atoms with Crippen LogP contribution in [-0.2, 0) is 0 Å². The fraction of sp³-hybridized carbons (Fsp3) is 0. The maximum Gasteiger partial charge on any atom is 0.139 e. The molecule has 0 unspecified atom stereocenters. The van der Waals surface area contributed by atoms with Gasteiger partial charge in [-0.25, -0.2) is 8.78 Å². The van der Waals surface area contributed by atoms with Crippen LogP contribution in [-0.4, -0.2) is 51.4 Å². The van der Waals surface area contributed by atoms with E-state index in [1.807, 2.05) is 0 Å². The van der Waals surface area contributed by atoms with Crippen molar-refractivity contribution in [2.24, 2.45) is 0 Å². The van der Waals surface area contributed by atoms with E-state index < -0.39 is 11.6 Å². The number of hydrogen-bond donors (Lipinski definition) is 1. The molecule has 1 aromatic rings. The molecule has 0 aliphatic heterocycles. The Hall–Kier alpha value is 1.07. The maximum absolute atomic E-state index is 12.3. The van der Waals surface area contributed by atoms with Gasteiger partial charge in [-0.05, 0) is 12.1 Å². The molecular formula is C6H4F2KS. The quantitative estimate of drug-likeness (QED) is 0.463. The molecule has 0 amide bonds. The third kappa shape index (κ3) is 2.98. The van der Waals surface area contributed by atoms with Gasteiger partial charge in [-0.2, -0.15) is 0 Å². The fourth-order valence-electron chi connectivity index (χ4n) is 0.481. The van der Waals surface area contributed by atoms with Crippen molar-refractivity contribution < 1.29 is 8.78 Å². The summed E-state index contributed by atoms with van der Waals surface area (Å²) in [6, 6.07) is 3.22. The Morgan fingerprint density at radius 3 is 2.20 bits per heavy atom. The van der Waals surface area contributed by atoms with Crippen molar-refractivity contribution in [3.05, 3.63) is 29.8 Å². The van der Waals surface area contributed by atoms with E-state index >= 15 is 0 Å². The standard InChI is InChI=1S/C6H4F2S.K/c7-4-1-2-6(9)5(8)3-4;/h1-3,9H;. The van der Waals surface area contributed by atoms with Gasteiger partial charge in [-0.1, -0.05) is 0 Å². The second-order valence-electron chi connectivity index (χ2n) is 1.60. The summed E-state index contributed by atoms with van der Waals surface area (Å²) >= 11 is 3.70. The van der Waals surface area contributed by atoms with Crippen molar-refractivity contribution >= 4 is 64.0 Å². The molecule has 0 nitrogen and oxygen atoms in total. The zero-order valence-corrected chi connectivity index (χ0v) is 9.45. The van der Waals surface area contributed by atoms with Gasteiger partial charge in [0.1, 0.15) is 11.6 Å². The molecule has 0 aromatic heterocycles. The minimum absolute atomic E-state index is 0. The van der Waals surface area contributed by atoms with E-state index in [9.17, 15) is 8.78 Å². The Balaban J connectivity index is 0.000000810. The normalized spacial score (nSPS) is 8.70. The van der Waals surface area contributed by atoms with E-state index in [0.717, 1.165) is 12.1 Å². The summed E-state index contributed by atoms with van der Waals surface area (Å²) in [7, 11) is 0. The number of rotatable bonds is 0. The molecule has 0 N–H and O–H groups in total. The zero-order chi connectivity index (χ0) is 6.85. The van der Waals surface area contributed by atoms with Crippen LogP contribution in [0.5, 0.6) is 0 Å². The first-order valence-electron chi connectivity index (χ1n) is 2.34. The van der Waals surface area contributed by atoms with Gasteiger partial charge in [0.25, 0.3) is 0 Å². The van der Waals surface area contributed by atoms with Crippen LogP contribution in [0, 0.1) is 11.6 Å². The molecule has 1 aromatic carbocycles. The third-order valence-electron chi connectivity index (χ3n) is 0.910. The molecule has 0 saturated carbocycles. The summed E-state index contributed by atoms with van der Waals surface area (Å²) in [5.41, 5.74) is 0. The molecule has 0 aliphatic rings. The van der Waals surface area contributed by atoms with Gasteiger partial charge in [0, 0.05) is 62.3 Å².